The summed E-state index contributed by atoms with van der Waals surface area (Å²) in [6.45, 7) is 0. The third kappa shape index (κ3) is 3.19. The molecular weight excluding hydrogens is 242 g/mol. The van der Waals surface area contributed by atoms with Gasteiger partial charge in [0.05, 0.1) is 11.4 Å². The fourth-order valence-corrected chi connectivity index (χ4v) is 2.15. The van der Waals surface area contributed by atoms with E-state index >= 15 is 0 Å². The van der Waals surface area contributed by atoms with Crippen LogP contribution in [0.1, 0.15) is 5.56 Å². The zero-order valence-corrected chi connectivity index (χ0v) is 9.05. The SMILES string of the molecule is NS(=O)(=O)c1cc(CC(=O)O)ccc1Cl. The molecule has 1 rings (SSSR count). The first-order valence-electron chi connectivity index (χ1n) is 3.84. The van der Waals surface area contributed by atoms with Gasteiger partial charge in [0.15, 0.2) is 0 Å². The number of carboxylic acids is 1. The van der Waals surface area contributed by atoms with E-state index in [1.807, 2.05) is 0 Å². The molecule has 1 aromatic rings. The van der Waals surface area contributed by atoms with Crippen molar-refractivity contribution in [1.82, 2.24) is 0 Å². The quantitative estimate of drug-likeness (QED) is 0.820. The van der Waals surface area contributed by atoms with Crippen molar-refractivity contribution in [2.45, 2.75) is 11.3 Å². The van der Waals surface area contributed by atoms with Crippen LogP contribution >= 0.6 is 11.6 Å². The Bertz CT molecular complexity index is 497. The lowest BCUT2D eigenvalue weighted by atomic mass is 10.1. The van der Waals surface area contributed by atoms with E-state index in [-0.39, 0.29) is 16.3 Å². The van der Waals surface area contributed by atoms with Crippen molar-refractivity contribution in [3.63, 3.8) is 0 Å². The van der Waals surface area contributed by atoms with E-state index in [1.165, 1.54) is 12.1 Å². The molecule has 1 aromatic carbocycles. The molecule has 0 saturated carbocycles. The van der Waals surface area contributed by atoms with Crippen molar-refractivity contribution >= 4 is 27.6 Å². The molecule has 0 bridgehead atoms. The van der Waals surface area contributed by atoms with Crippen LogP contribution < -0.4 is 5.14 Å². The Morgan fingerprint density at radius 1 is 1.47 bits per heavy atom. The highest BCUT2D eigenvalue weighted by Gasteiger charge is 2.14. The molecule has 0 spiro atoms. The van der Waals surface area contributed by atoms with E-state index in [9.17, 15) is 13.2 Å². The number of carboxylic acid groups (broad SMARTS) is 1. The maximum absolute atomic E-state index is 11.0. The number of benzene rings is 1. The largest absolute Gasteiger partial charge is 0.481 e. The van der Waals surface area contributed by atoms with Crippen molar-refractivity contribution in [3.05, 3.63) is 28.8 Å². The third-order valence-electron chi connectivity index (χ3n) is 1.66. The topological polar surface area (TPSA) is 97.5 Å². The molecule has 0 radical (unpaired) electrons. The van der Waals surface area contributed by atoms with Crippen LogP contribution in [0.15, 0.2) is 23.1 Å². The lowest BCUT2D eigenvalue weighted by Gasteiger charge is -2.03. The van der Waals surface area contributed by atoms with Gasteiger partial charge in [-0.05, 0) is 17.7 Å². The van der Waals surface area contributed by atoms with Crippen molar-refractivity contribution in [3.8, 4) is 0 Å². The van der Waals surface area contributed by atoms with Gasteiger partial charge in [0.1, 0.15) is 4.90 Å². The zero-order valence-electron chi connectivity index (χ0n) is 7.47. The van der Waals surface area contributed by atoms with Crippen molar-refractivity contribution in [2.75, 3.05) is 0 Å². The molecule has 7 heteroatoms. The number of hydrogen-bond donors (Lipinski definition) is 2. The molecule has 0 unspecified atom stereocenters. The number of carbonyl (C=O) groups is 1. The van der Waals surface area contributed by atoms with Crippen LogP contribution in [-0.2, 0) is 21.2 Å². The van der Waals surface area contributed by atoms with Gasteiger partial charge < -0.3 is 5.11 Å². The van der Waals surface area contributed by atoms with E-state index in [0.717, 1.165) is 6.07 Å². The van der Waals surface area contributed by atoms with Gasteiger partial charge >= 0.3 is 5.97 Å². The monoisotopic (exact) mass is 249 g/mol. The number of sulfonamides is 1. The van der Waals surface area contributed by atoms with E-state index in [1.54, 1.807) is 0 Å². The van der Waals surface area contributed by atoms with Gasteiger partial charge in [0, 0.05) is 0 Å². The highest BCUT2D eigenvalue weighted by atomic mass is 35.5. The Morgan fingerprint density at radius 3 is 2.53 bits per heavy atom. The Hall–Kier alpha value is -1.11. The van der Waals surface area contributed by atoms with Crippen LogP contribution in [0.5, 0.6) is 0 Å². The number of rotatable bonds is 3. The number of nitrogens with two attached hydrogens (primary N) is 1. The molecule has 3 N–H and O–H groups in total. The molecule has 0 saturated heterocycles. The Labute approximate surface area is 91.5 Å². The minimum atomic E-state index is -3.92. The van der Waals surface area contributed by atoms with E-state index in [4.69, 9.17) is 21.8 Å². The molecule has 0 amide bonds. The van der Waals surface area contributed by atoms with Crippen LogP contribution in [0.2, 0.25) is 5.02 Å². The van der Waals surface area contributed by atoms with Gasteiger partial charge in [-0.15, -0.1) is 0 Å². The second kappa shape index (κ2) is 4.18. The predicted octanol–water partition coefficient (Wildman–Crippen LogP) is 0.615. The first kappa shape index (κ1) is 12.0. The Balaban J connectivity index is 3.23. The Kier molecular flexibility index (Phi) is 3.33. The van der Waals surface area contributed by atoms with Gasteiger partial charge in [-0.25, -0.2) is 13.6 Å². The van der Waals surface area contributed by atoms with Gasteiger partial charge in [-0.1, -0.05) is 17.7 Å². The maximum atomic E-state index is 11.0. The molecular formula is C8H8ClNO4S. The van der Waals surface area contributed by atoms with Crippen LogP contribution in [0.4, 0.5) is 0 Å². The second-order valence-corrected chi connectivity index (χ2v) is 4.82. The zero-order chi connectivity index (χ0) is 11.6. The summed E-state index contributed by atoms with van der Waals surface area (Å²) >= 11 is 5.61. The van der Waals surface area contributed by atoms with Crippen LogP contribution in [0.25, 0.3) is 0 Å². The number of hydrogen-bond acceptors (Lipinski definition) is 3. The number of primary sulfonamides is 1. The second-order valence-electron chi connectivity index (χ2n) is 2.88. The minimum absolute atomic E-state index is 0.0216. The summed E-state index contributed by atoms with van der Waals surface area (Å²) in [5, 5.41) is 13.4. The summed E-state index contributed by atoms with van der Waals surface area (Å²) < 4.78 is 22.1. The summed E-state index contributed by atoms with van der Waals surface area (Å²) in [5.41, 5.74) is 0.330. The summed E-state index contributed by atoms with van der Waals surface area (Å²) in [6, 6.07) is 3.90. The summed E-state index contributed by atoms with van der Waals surface area (Å²) in [4.78, 5) is 10.1. The molecule has 0 heterocycles. The molecule has 0 aliphatic rings. The summed E-state index contributed by atoms with van der Waals surface area (Å²) in [6.07, 6.45) is -0.278. The molecule has 5 nitrogen and oxygen atoms in total. The molecule has 82 valence electrons. The highest BCUT2D eigenvalue weighted by molar-refractivity contribution is 7.89. The molecule has 0 aliphatic heterocycles. The van der Waals surface area contributed by atoms with Crippen LogP contribution in [-0.4, -0.2) is 19.5 Å². The molecule has 0 fully saturated rings. The molecule has 0 atom stereocenters. The van der Waals surface area contributed by atoms with Gasteiger partial charge in [0.2, 0.25) is 10.0 Å². The lowest BCUT2D eigenvalue weighted by molar-refractivity contribution is -0.136. The normalized spacial score (nSPS) is 11.3. The van der Waals surface area contributed by atoms with Crippen molar-refractivity contribution < 1.29 is 18.3 Å². The first-order chi connectivity index (χ1) is 6.80. The summed E-state index contributed by atoms with van der Waals surface area (Å²) in [7, 11) is -3.92. The average molecular weight is 250 g/mol. The fraction of sp³-hybridized carbons (Fsp3) is 0.125. The smallest absolute Gasteiger partial charge is 0.307 e. The molecule has 0 aliphatic carbocycles. The fourth-order valence-electron chi connectivity index (χ4n) is 1.05. The van der Waals surface area contributed by atoms with Crippen LogP contribution in [0.3, 0.4) is 0 Å². The third-order valence-corrected chi connectivity index (χ3v) is 3.05. The average Bonchev–Trinajstić information content (AvgIpc) is 2.05. The Morgan fingerprint density at radius 2 is 2.07 bits per heavy atom. The standard InChI is InChI=1S/C8H8ClNO4S/c9-6-2-1-5(4-8(11)12)3-7(6)15(10,13)14/h1-3H,4H2,(H,11,12)(H2,10,13,14). The van der Waals surface area contributed by atoms with Gasteiger partial charge in [-0.3, -0.25) is 4.79 Å². The van der Waals surface area contributed by atoms with Gasteiger partial charge in [0.25, 0.3) is 0 Å². The van der Waals surface area contributed by atoms with Crippen molar-refractivity contribution in [2.24, 2.45) is 5.14 Å². The molecule has 0 aromatic heterocycles. The predicted molar refractivity (Wildman–Crippen MR) is 54.2 cm³/mol. The first-order valence-corrected chi connectivity index (χ1v) is 5.76. The number of aliphatic carboxylic acids is 1. The van der Waals surface area contributed by atoms with Gasteiger partial charge in [-0.2, -0.15) is 0 Å². The summed E-state index contributed by atoms with van der Waals surface area (Å²) in [5.74, 6) is -1.06. The number of halogens is 1. The minimum Gasteiger partial charge on any atom is -0.481 e. The van der Waals surface area contributed by atoms with E-state index in [0.29, 0.717) is 5.56 Å². The van der Waals surface area contributed by atoms with E-state index in [2.05, 4.69) is 0 Å². The van der Waals surface area contributed by atoms with Crippen molar-refractivity contribution in [1.29, 1.82) is 0 Å². The highest BCUT2D eigenvalue weighted by Crippen LogP contribution is 2.21. The van der Waals surface area contributed by atoms with Crippen LogP contribution in [0, 0.1) is 0 Å². The molecule has 15 heavy (non-hydrogen) atoms. The van der Waals surface area contributed by atoms with E-state index < -0.39 is 16.0 Å². The maximum Gasteiger partial charge on any atom is 0.307 e. The lowest BCUT2D eigenvalue weighted by Crippen LogP contribution is -2.13.